The first-order valence-electron chi connectivity index (χ1n) is 6.47. The third-order valence-electron chi connectivity index (χ3n) is 3.63. The highest BCUT2D eigenvalue weighted by Crippen LogP contribution is 2.35. The van der Waals surface area contributed by atoms with Crippen molar-refractivity contribution in [2.24, 2.45) is 0 Å². The van der Waals surface area contributed by atoms with Crippen LogP contribution in [0.1, 0.15) is 11.1 Å². The van der Waals surface area contributed by atoms with Crippen molar-refractivity contribution in [2.45, 2.75) is 18.2 Å². The quantitative estimate of drug-likeness (QED) is 0.863. The molecule has 20 heavy (non-hydrogen) atoms. The molecule has 2 aromatic rings. The zero-order valence-electron chi connectivity index (χ0n) is 11.2. The smallest absolute Gasteiger partial charge is 0.266 e. The summed E-state index contributed by atoms with van der Waals surface area (Å²) in [5, 5.41) is 0. The molecule has 0 saturated heterocycles. The van der Waals surface area contributed by atoms with Gasteiger partial charge in [0.1, 0.15) is 4.90 Å². The number of aryl methyl sites for hydroxylation is 1. The highest BCUT2D eigenvalue weighted by Gasteiger charge is 2.32. The fourth-order valence-electron chi connectivity index (χ4n) is 2.70. The van der Waals surface area contributed by atoms with E-state index in [1.165, 1.54) is 4.31 Å². The molecule has 0 saturated carbocycles. The van der Waals surface area contributed by atoms with Crippen LogP contribution in [0, 0.1) is 6.92 Å². The molecule has 0 spiro atoms. The fourth-order valence-corrected chi connectivity index (χ4v) is 4.53. The summed E-state index contributed by atoms with van der Waals surface area (Å²) in [6.45, 7) is 2.24. The number of nitrogen functional groups attached to an aromatic ring is 1. The Morgan fingerprint density at radius 3 is 2.60 bits per heavy atom. The number of nitrogens with zero attached hydrogens (tertiary/aromatic N) is 1. The predicted molar refractivity (Wildman–Crippen MR) is 80.3 cm³/mol. The minimum atomic E-state index is -3.61. The van der Waals surface area contributed by atoms with Crippen molar-refractivity contribution in [2.75, 3.05) is 16.6 Å². The van der Waals surface area contributed by atoms with Crippen molar-refractivity contribution in [3.8, 4) is 0 Å². The third kappa shape index (κ3) is 1.86. The molecule has 0 unspecified atom stereocenters. The van der Waals surface area contributed by atoms with Crippen molar-refractivity contribution in [1.29, 1.82) is 0 Å². The largest absolute Gasteiger partial charge is 0.398 e. The summed E-state index contributed by atoms with van der Waals surface area (Å²) in [5.41, 5.74) is 8.68. The molecule has 5 heteroatoms. The van der Waals surface area contributed by atoms with Crippen LogP contribution in [0.15, 0.2) is 47.4 Å². The van der Waals surface area contributed by atoms with Gasteiger partial charge in [-0.05, 0) is 36.6 Å². The molecule has 0 radical (unpaired) electrons. The maximum absolute atomic E-state index is 12.9. The Hall–Kier alpha value is -2.01. The Balaban J connectivity index is 2.16. The number of nitrogens with two attached hydrogens (primary N) is 1. The number of rotatable bonds is 2. The van der Waals surface area contributed by atoms with Gasteiger partial charge >= 0.3 is 0 Å². The summed E-state index contributed by atoms with van der Waals surface area (Å²) in [6.07, 6.45) is 0.737. The van der Waals surface area contributed by atoms with Gasteiger partial charge in [-0.15, -0.1) is 0 Å². The molecule has 3 rings (SSSR count). The van der Waals surface area contributed by atoms with Crippen LogP contribution in [0.4, 0.5) is 11.4 Å². The highest BCUT2D eigenvalue weighted by molar-refractivity contribution is 7.93. The predicted octanol–water partition coefficient (Wildman–Crippen LogP) is 2.33. The van der Waals surface area contributed by atoms with E-state index < -0.39 is 10.0 Å². The second-order valence-corrected chi connectivity index (χ2v) is 6.75. The van der Waals surface area contributed by atoms with E-state index in [4.69, 9.17) is 5.73 Å². The van der Waals surface area contributed by atoms with E-state index in [1.807, 2.05) is 24.3 Å². The van der Waals surface area contributed by atoms with Crippen molar-refractivity contribution in [1.82, 2.24) is 0 Å². The summed E-state index contributed by atoms with van der Waals surface area (Å²) in [7, 11) is -3.61. The summed E-state index contributed by atoms with van der Waals surface area (Å²) in [6, 6.07) is 12.8. The highest BCUT2D eigenvalue weighted by atomic mass is 32.2. The molecule has 0 aliphatic carbocycles. The monoisotopic (exact) mass is 288 g/mol. The van der Waals surface area contributed by atoms with Gasteiger partial charge in [-0.3, -0.25) is 4.31 Å². The number of para-hydroxylation sites is 1. The van der Waals surface area contributed by atoms with Crippen molar-refractivity contribution >= 4 is 21.4 Å². The molecule has 1 heterocycles. The van der Waals surface area contributed by atoms with E-state index >= 15 is 0 Å². The first kappa shape index (κ1) is 13.0. The molecule has 1 aliphatic heterocycles. The first-order chi connectivity index (χ1) is 9.51. The van der Waals surface area contributed by atoms with Gasteiger partial charge in [0.2, 0.25) is 0 Å². The second-order valence-electron chi connectivity index (χ2n) is 4.95. The lowest BCUT2D eigenvalue weighted by molar-refractivity contribution is 0.592. The van der Waals surface area contributed by atoms with E-state index in [9.17, 15) is 8.42 Å². The molecule has 2 aromatic carbocycles. The summed E-state index contributed by atoms with van der Waals surface area (Å²) >= 11 is 0. The number of hydrogen-bond acceptors (Lipinski definition) is 3. The molecule has 0 fully saturated rings. The topological polar surface area (TPSA) is 63.4 Å². The molecule has 4 nitrogen and oxygen atoms in total. The first-order valence-corrected chi connectivity index (χ1v) is 7.91. The van der Waals surface area contributed by atoms with Crippen LogP contribution in [-0.2, 0) is 16.4 Å². The lowest BCUT2D eigenvalue weighted by atomic mass is 10.2. The number of sulfonamides is 1. The Kier molecular flexibility index (Phi) is 2.94. The Morgan fingerprint density at radius 2 is 1.85 bits per heavy atom. The van der Waals surface area contributed by atoms with Gasteiger partial charge in [0.15, 0.2) is 0 Å². The maximum Gasteiger partial charge on any atom is 0.266 e. The SMILES string of the molecule is Cc1cccc(N)c1S(=O)(=O)N1CCc2ccccc21. The van der Waals surface area contributed by atoms with Gasteiger partial charge in [0, 0.05) is 6.54 Å². The zero-order valence-corrected chi connectivity index (χ0v) is 12.0. The lowest BCUT2D eigenvalue weighted by Crippen LogP contribution is -2.30. The Morgan fingerprint density at radius 1 is 1.10 bits per heavy atom. The average molecular weight is 288 g/mol. The molecule has 1 aliphatic rings. The summed E-state index contributed by atoms with van der Waals surface area (Å²) in [4.78, 5) is 0.219. The minimum absolute atomic E-state index is 0.219. The molecule has 0 amide bonds. The van der Waals surface area contributed by atoms with E-state index in [0.29, 0.717) is 17.8 Å². The van der Waals surface area contributed by atoms with E-state index in [2.05, 4.69) is 0 Å². The van der Waals surface area contributed by atoms with Crippen LogP contribution in [0.3, 0.4) is 0 Å². The number of hydrogen-bond donors (Lipinski definition) is 1. The second kappa shape index (κ2) is 4.52. The molecule has 0 bridgehead atoms. The molecule has 104 valence electrons. The van der Waals surface area contributed by atoms with E-state index in [0.717, 1.165) is 17.7 Å². The summed E-state index contributed by atoms with van der Waals surface area (Å²) < 4.78 is 27.2. The maximum atomic E-state index is 12.9. The molecule has 2 N–H and O–H groups in total. The standard InChI is InChI=1S/C15H16N2O2S/c1-11-5-4-7-13(16)15(11)20(18,19)17-10-9-12-6-2-3-8-14(12)17/h2-8H,9-10,16H2,1H3. The van der Waals surface area contributed by atoms with Crippen molar-refractivity contribution in [3.63, 3.8) is 0 Å². The van der Waals surface area contributed by atoms with Gasteiger partial charge in [-0.25, -0.2) is 8.42 Å². The van der Waals surface area contributed by atoms with Gasteiger partial charge < -0.3 is 5.73 Å². The third-order valence-corrected chi connectivity index (χ3v) is 5.67. The van der Waals surface area contributed by atoms with Gasteiger partial charge in [0.25, 0.3) is 10.0 Å². The Labute approximate surface area is 118 Å². The molecule has 0 atom stereocenters. The summed E-state index contributed by atoms with van der Waals surface area (Å²) in [5.74, 6) is 0. The van der Waals surface area contributed by atoms with Crippen LogP contribution in [-0.4, -0.2) is 15.0 Å². The minimum Gasteiger partial charge on any atom is -0.398 e. The van der Waals surface area contributed by atoms with Gasteiger partial charge in [-0.1, -0.05) is 30.3 Å². The number of benzene rings is 2. The van der Waals surface area contributed by atoms with Gasteiger partial charge in [0.05, 0.1) is 11.4 Å². The lowest BCUT2D eigenvalue weighted by Gasteiger charge is -2.21. The van der Waals surface area contributed by atoms with Crippen LogP contribution in [0.2, 0.25) is 0 Å². The van der Waals surface area contributed by atoms with Crippen LogP contribution >= 0.6 is 0 Å². The van der Waals surface area contributed by atoms with Gasteiger partial charge in [-0.2, -0.15) is 0 Å². The molecule has 0 aromatic heterocycles. The zero-order chi connectivity index (χ0) is 14.3. The average Bonchev–Trinajstić information content (AvgIpc) is 2.82. The molecular formula is C15H16N2O2S. The van der Waals surface area contributed by atoms with Crippen molar-refractivity contribution < 1.29 is 8.42 Å². The van der Waals surface area contributed by atoms with Crippen LogP contribution < -0.4 is 10.0 Å². The van der Waals surface area contributed by atoms with Crippen molar-refractivity contribution in [3.05, 3.63) is 53.6 Å². The fraction of sp³-hybridized carbons (Fsp3) is 0.200. The van der Waals surface area contributed by atoms with E-state index in [-0.39, 0.29) is 4.90 Å². The molecular weight excluding hydrogens is 272 g/mol. The normalized spacial score (nSPS) is 14.3. The van der Waals surface area contributed by atoms with Crippen LogP contribution in [0.5, 0.6) is 0 Å². The van der Waals surface area contributed by atoms with E-state index in [1.54, 1.807) is 25.1 Å². The van der Waals surface area contributed by atoms with Crippen LogP contribution in [0.25, 0.3) is 0 Å². The number of anilines is 2. The number of fused-ring (bicyclic) bond motifs is 1. The Bertz CT molecular complexity index is 749.